The third-order valence-corrected chi connectivity index (χ3v) is 5.55. The third-order valence-electron chi connectivity index (χ3n) is 5.55. The van der Waals surface area contributed by atoms with Crippen LogP contribution >= 0.6 is 0 Å². The predicted octanol–water partition coefficient (Wildman–Crippen LogP) is 1.79. The van der Waals surface area contributed by atoms with Gasteiger partial charge in [-0.25, -0.2) is 0 Å². The van der Waals surface area contributed by atoms with E-state index in [1.165, 1.54) is 58.5 Å². The molecule has 0 amide bonds. The normalized spacial score (nSPS) is 38.2. The van der Waals surface area contributed by atoms with E-state index in [4.69, 9.17) is 0 Å². The number of piperazine rings is 1. The summed E-state index contributed by atoms with van der Waals surface area (Å²) in [4.78, 5) is 5.39. The van der Waals surface area contributed by atoms with Crippen LogP contribution in [0.15, 0.2) is 0 Å². The molecule has 3 heteroatoms. The van der Waals surface area contributed by atoms with Gasteiger partial charge in [0.2, 0.25) is 0 Å². The highest BCUT2D eigenvalue weighted by molar-refractivity contribution is 5.02. The van der Waals surface area contributed by atoms with E-state index in [1.807, 2.05) is 0 Å². The van der Waals surface area contributed by atoms with Gasteiger partial charge in [-0.3, -0.25) is 4.90 Å². The fraction of sp³-hybridized carbons (Fsp3) is 1.00. The van der Waals surface area contributed by atoms with Gasteiger partial charge in [-0.2, -0.15) is 0 Å². The fourth-order valence-electron chi connectivity index (χ4n) is 4.09. The molecule has 3 nitrogen and oxygen atoms in total. The van der Waals surface area contributed by atoms with Gasteiger partial charge in [0.05, 0.1) is 0 Å². The van der Waals surface area contributed by atoms with Crippen molar-refractivity contribution in [2.75, 3.05) is 39.3 Å². The van der Waals surface area contributed by atoms with Crippen molar-refractivity contribution < 1.29 is 0 Å². The molecule has 3 rings (SSSR count). The highest BCUT2D eigenvalue weighted by Gasteiger charge is 2.44. The maximum Gasteiger partial charge on any atom is 0.0309 e. The smallest absolute Gasteiger partial charge is 0.0309 e. The largest absolute Gasteiger partial charge is 0.309 e. The molecule has 1 saturated carbocycles. The minimum atomic E-state index is 0.411. The lowest BCUT2D eigenvalue weighted by Crippen LogP contribution is -2.60. The molecule has 110 valence electrons. The molecular formula is C16H31N3. The highest BCUT2D eigenvalue weighted by atomic mass is 15.2. The summed E-state index contributed by atoms with van der Waals surface area (Å²) >= 11 is 0. The Bertz CT molecular complexity index is 313. The van der Waals surface area contributed by atoms with Gasteiger partial charge in [-0.1, -0.05) is 0 Å². The molecule has 19 heavy (non-hydrogen) atoms. The Morgan fingerprint density at radius 1 is 1.21 bits per heavy atom. The van der Waals surface area contributed by atoms with E-state index >= 15 is 0 Å². The maximum absolute atomic E-state index is 3.79. The molecule has 0 bridgehead atoms. The number of rotatable bonds is 4. The monoisotopic (exact) mass is 265 g/mol. The summed E-state index contributed by atoms with van der Waals surface area (Å²) < 4.78 is 0. The van der Waals surface area contributed by atoms with Gasteiger partial charge >= 0.3 is 0 Å². The van der Waals surface area contributed by atoms with Crippen molar-refractivity contribution in [3.05, 3.63) is 0 Å². The van der Waals surface area contributed by atoms with E-state index in [0.717, 1.165) is 17.9 Å². The van der Waals surface area contributed by atoms with E-state index in [-0.39, 0.29) is 0 Å². The summed E-state index contributed by atoms with van der Waals surface area (Å²) in [6.45, 7) is 14.8. The summed E-state index contributed by atoms with van der Waals surface area (Å²) in [7, 11) is 0. The molecular weight excluding hydrogens is 234 g/mol. The van der Waals surface area contributed by atoms with Gasteiger partial charge < -0.3 is 10.2 Å². The van der Waals surface area contributed by atoms with Crippen LogP contribution < -0.4 is 5.32 Å². The molecule has 3 fully saturated rings. The Morgan fingerprint density at radius 2 is 2.00 bits per heavy atom. The SMILES string of the molecule is CC(C)N1CCC(CN2CCNC(C)(C3CC3)C2)C1. The van der Waals surface area contributed by atoms with Gasteiger partial charge in [0.1, 0.15) is 0 Å². The molecule has 2 heterocycles. The Labute approximate surface area is 118 Å². The van der Waals surface area contributed by atoms with Crippen LogP contribution in [-0.2, 0) is 0 Å². The molecule has 0 aromatic carbocycles. The number of nitrogens with one attached hydrogen (secondary N) is 1. The highest BCUT2D eigenvalue weighted by Crippen LogP contribution is 2.40. The average Bonchev–Trinajstić information content (AvgIpc) is 3.11. The molecule has 2 atom stereocenters. The molecule has 0 aromatic rings. The molecule has 0 radical (unpaired) electrons. The first kappa shape index (κ1) is 13.8. The second-order valence-electron chi connectivity index (χ2n) is 7.60. The van der Waals surface area contributed by atoms with Crippen molar-refractivity contribution in [1.82, 2.24) is 15.1 Å². The van der Waals surface area contributed by atoms with E-state index in [2.05, 4.69) is 35.9 Å². The number of nitrogens with zero attached hydrogens (tertiary/aromatic N) is 2. The van der Waals surface area contributed by atoms with Crippen LogP contribution in [-0.4, -0.2) is 60.6 Å². The molecule has 0 aromatic heterocycles. The zero-order valence-electron chi connectivity index (χ0n) is 13.0. The van der Waals surface area contributed by atoms with E-state index in [0.29, 0.717) is 5.54 Å². The molecule has 2 unspecified atom stereocenters. The first-order valence-corrected chi connectivity index (χ1v) is 8.28. The Morgan fingerprint density at radius 3 is 2.63 bits per heavy atom. The number of likely N-dealkylation sites (tertiary alicyclic amines) is 1. The predicted molar refractivity (Wildman–Crippen MR) is 80.4 cm³/mol. The molecule has 0 spiro atoms. The summed E-state index contributed by atoms with van der Waals surface area (Å²) in [6, 6.07) is 0.727. The minimum Gasteiger partial charge on any atom is -0.309 e. The zero-order valence-corrected chi connectivity index (χ0v) is 13.0. The second-order valence-corrected chi connectivity index (χ2v) is 7.60. The van der Waals surface area contributed by atoms with Gasteiger partial charge in [-0.05, 0) is 58.4 Å². The van der Waals surface area contributed by atoms with Gasteiger partial charge in [0, 0.05) is 44.3 Å². The van der Waals surface area contributed by atoms with Crippen molar-refractivity contribution in [3.8, 4) is 0 Å². The van der Waals surface area contributed by atoms with E-state index in [9.17, 15) is 0 Å². The van der Waals surface area contributed by atoms with Crippen LogP contribution in [0.25, 0.3) is 0 Å². The van der Waals surface area contributed by atoms with E-state index < -0.39 is 0 Å². The average molecular weight is 265 g/mol. The van der Waals surface area contributed by atoms with Crippen molar-refractivity contribution in [2.45, 2.75) is 51.6 Å². The minimum absolute atomic E-state index is 0.411. The van der Waals surface area contributed by atoms with E-state index in [1.54, 1.807) is 0 Å². The summed E-state index contributed by atoms with van der Waals surface area (Å²) in [6.07, 6.45) is 4.30. The van der Waals surface area contributed by atoms with Crippen molar-refractivity contribution in [3.63, 3.8) is 0 Å². The lowest BCUT2D eigenvalue weighted by molar-refractivity contribution is 0.111. The quantitative estimate of drug-likeness (QED) is 0.836. The van der Waals surface area contributed by atoms with Crippen LogP contribution in [0.3, 0.4) is 0 Å². The maximum atomic E-state index is 3.79. The van der Waals surface area contributed by atoms with Crippen molar-refractivity contribution >= 4 is 0 Å². The first-order chi connectivity index (χ1) is 9.07. The molecule has 2 aliphatic heterocycles. The molecule has 1 aliphatic carbocycles. The third kappa shape index (κ3) is 3.14. The van der Waals surface area contributed by atoms with Crippen LogP contribution in [0, 0.1) is 11.8 Å². The first-order valence-electron chi connectivity index (χ1n) is 8.28. The van der Waals surface area contributed by atoms with Gasteiger partial charge in [0.15, 0.2) is 0 Å². The Kier molecular flexibility index (Phi) is 3.89. The Balaban J connectivity index is 1.50. The van der Waals surface area contributed by atoms with Crippen LogP contribution in [0.2, 0.25) is 0 Å². The van der Waals surface area contributed by atoms with Crippen LogP contribution in [0.5, 0.6) is 0 Å². The van der Waals surface area contributed by atoms with Gasteiger partial charge in [-0.15, -0.1) is 0 Å². The number of hydrogen-bond donors (Lipinski definition) is 1. The summed E-state index contributed by atoms with van der Waals surface area (Å²) in [5, 5.41) is 3.79. The van der Waals surface area contributed by atoms with Crippen molar-refractivity contribution in [2.24, 2.45) is 11.8 Å². The zero-order chi connectivity index (χ0) is 13.5. The topological polar surface area (TPSA) is 18.5 Å². The number of hydrogen-bond acceptors (Lipinski definition) is 3. The van der Waals surface area contributed by atoms with Crippen LogP contribution in [0.4, 0.5) is 0 Å². The van der Waals surface area contributed by atoms with Crippen molar-refractivity contribution in [1.29, 1.82) is 0 Å². The summed E-state index contributed by atoms with van der Waals surface area (Å²) in [5.74, 6) is 1.86. The summed E-state index contributed by atoms with van der Waals surface area (Å²) in [5.41, 5.74) is 0.411. The standard InChI is InChI=1S/C16H31N3/c1-13(2)19-8-6-14(11-19)10-18-9-7-17-16(3,12-18)15-4-5-15/h13-15,17H,4-12H2,1-3H3. The Hall–Kier alpha value is -0.120. The lowest BCUT2D eigenvalue weighted by Gasteiger charge is -2.43. The molecule has 3 aliphatic rings. The second kappa shape index (κ2) is 5.34. The lowest BCUT2D eigenvalue weighted by atomic mass is 9.92. The molecule has 1 N–H and O–H groups in total. The molecule has 2 saturated heterocycles. The van der Waals surface area contributed by atoms with Crippen LogP contribution in [0.1, 0.15) is 40.0 Å². The van der Waals surface area contributed by atoms with Gasteiger partial charge in [0.25, 0.3) is 0 Å². The fourth-order valence-corrected chi connectivity index (χ4v) is 4.09.